The topological polar surface area (TPSA) is 50.8 Å². The summed E-state index contributed by atoms with van der Waals surface area (Å²) < 4.78 is 10.8. The van der Waals surface area contributed by atoms with Gasteiger partial charge in [-0.1, -0.05) is 13.0 Å². The number of nitrogens with zero attached hydrogens (tertiary/aromatic N) is 1. The Morgan fingerprint density at radius 1 is 1.38 bits per heavy atom. The first-order valence-electron chi connectivity index (χ1n) is 8.96. The Morgan fingerprint density at radius 3 is 2.88 bits per heavy atom. The molecule has 1 fully saturated rings. The van der Waals surface area contributed by atoms with Crippen molar-refractivity contribution in [2.75, 3.05) is 40.0 Å². The molecule has 1 aromatic rings. The fourth-order valence-electron chi connectivity index (χ4n) is 3.95. The van der Waals surface area contributed by atoms with Gasteiger partial charge in [0.2, 0.25) is 0 Å². The van der Waals surface area contributed by atoms with Crippen LogP contribution in [0.4, 0.5) is 4.79 Å². The molecule has 24 heavy (non-hydrogen) atoms. The van der Waals surface area contributed by atoms with Crippen molar-refractivity contribution in [1.29, 1.82) is 0 Å². The summed E-state index contributed by atoms with van der Waals surface area (Å²) in [7, 11) is 1.71. The van der Waals surface area contributed by atoms with Crippen molar-refractivity contribution in [1.82, 2.24) is 10.2 Å². The molecule has 1 N–H and O–H groups in total. The third-order valence-corrected chi connectivity index (χ3v) is 5.54. The number of carbonyl (C=O) groups is 1. The van der Waals surface area contributed by atoms with Gasteiger partial charge in [0.05, 0.1) is 20.3 Å². The summed E-state index contributed by atoms with van der Waals surface area (Å²) in [6.07, 6.45) is 4.39. The number of rotatable bonds is 4. The maximum absolute atomic E-state index is 12.5. The molecule has 0 spiro atoms. The van der Waals surface area contributed by atoms with Gasteiger partial charge in [-0.25, -0.2) is 4.79 Å². The average Bonchev–Trinajstić information content (AvgIpc) is 2.66. The zero-order valence-electron chi connectivity index (χ0n) is 14.8. The van der Waals surface area contributed by atoms with Crippen LogP contribution in [-0.4, -0.2) is 50.9 Å². The lowest BCUT2D eigenvalue weighted by Gasteiger charge is -2.39. The van der Waals surface area contributed by atoms with Crippen molar-refractivity contribution in [3.63, 3.8) is 0 Å². The van der Waals surface area contributed by atoms with Crippen molar-refractivity contribution in [3.8, 4) is 5.75 Å². The first kappa shape index (κ1) is 17.1. The van der Waals surface area contributed by atoms with Crippen molar-refractivity contribution in [2.45, 2.75) is 38.0 Å². The Bertz CT molecular complexity index is 584. The highest BCUT2D eigenvalue weighted by Gasteiger charge is 2.36. The largest absolute Gasteiger partial charge is 0.497 e. The third kappa shape index (κ3) is 3.36. The summed E-state index contributed by atoms with van der Waals surface area (Å²) in [4.78, 5) is 14.3. The van der Waals surface area contributed by atoms with Crippen LogP contribution in [0.5, 0.6) is 5.75 Å². The number of nitrogens with one attached hydrogen (secondary N) is 1. The molecule has 1 aliphatic heterocycles. The van der Waals surface area contributed by atoms with Gasteiger partial charge >= 0.3 is 6.03 Å². The SMILES string of the molecule is CCC1(CNC(=O)N2CCOCC2)CCCc2ccc(OC)cc21. The van der Waals surface area contributed by atoms with E-state index in [-0.39, 0.29) is 11.4 Å². The van der Waals surface area contributed by atoms with E-state index < -0.39 is 0 Å². The summed E-state index contributed by atoms with van der Waals surface area (Å²) in [5.74, 6) is 0.896. The van der Waals surface area contributed by atoms with Gasteiger partial charge in [-0.05, 0) is 48.9 Å². The van der Waals surface area contributed by atoms with Crippen LogP contribution in [0.15, 0.2) is 18.2 Å². The zero-order chi connectivity index (χ0) is 17.0. The van der Waals surface area contributed by atoms with Crippen LogP contribution < -0.4 is 10.1 Å². The van der Waals surface area contributed by atoms with Crippen LogP contribution in [-0.2, 0) is 16.6 Å². The molecule has 5 nitrogen and oxygen atoms in total. The minimum absolute atomic E-state index is 0.00404. The molecular weight excluding hydrogens is 304 g/mol. The molecule has 1 heterocycles. The Kier molecular flexibility index (Phi) is 5.29. The van der Waals surface area contributed by atoms with E-state index in [4.69, 9.17) is 9.47 Å². The van der Waals surface area contributed by atoms with Gasteiger partial charge in [0.1, 0.15) is 5.75 Å². The van der Waals surface area contributed by atoms with Crippen LogP contribution in [0.3, 0.4) is 0 Å². The van der Waals surface area contributed by atoms with Crippen molar-refractivity contribution >= 4 is 6.03 Å². The highest BCUT2D eigenvalue weighted by Crippen LogP contribution is 2.41. The molecule has 1 atom stereocenters. The Labute approximate surface area is 144 Å². The van der Waals surface area contributed by atoms with Crippen molar-refractivity contribution in [3.05, 3.63) is 29.3 Å². The normalized spacial score (nSPS) is 23.5. The fourth-order valence-corrected chi connectivity index (χ4v) is 3.95. The first-order valence-corrected chi connectivity index (χ1v) is 8.96. The smallest absolute Gasteiger partial charge is 0.317 e. The van der Waals surface area contributed by atoms with E-state index in [1.807, 2.05) is 11.0 Å². The predicted molar refractivity (Wildman–Crippen MR) is 93.7 cm³/mol. The monoisotopic (exact) mass is 332 g/mol. The molecule has 1 aliphatic carbocycles. The second kappa shape index (κ2) is 7.43. The Hall–Kier alpha value is -1.75. The van der Waals surface area contributed by atoms with E-state index >= 15 is 0 Å². The molecule has 0 saturated carbocycles. The van der Waals surface area contributed by atoms with Gasteiger partial charge in [0.15, 0.2) is 0 Å². The molecule has 3 rings (SSSR count). The van der Waals surface area contributed by atoms with E-state index in [0.29, 0.717) is 32.8 Å². The molecule has 0 aromatic heterocycles. The number of carbonyl (C=O) groups excluding carboxylic acids is 1. The van der Waals surface area contributed by atoms with E-state index in [1.165, 1.54) is 17.5 Å². The van der Waals surface area contributed by atoms with E-state index in [2.05, 4.69) is 24.4 Å². The molecule has 0 radical (unpaired) electrons. The van der Waals surface area contributed by atoms with Crippen LogP contribution in [0.2, 0.25) is 0 Å². The van der Waals surface area contributed by atoms with E-state index in [1.54, 1.807) is 7.11 Å². The molecule has 1 aromatic carbocycles. The number of hydrogen-bond acceptors (Lipinski definition) is 3. The number of fused-ring (bicyclic) bond motifs is 1. The third-order valence-electron chi connectivity index (χ3n) is 5.54. The maximum Gasteiger partial charge on any atom is 0.317 e. The van der Waals surface area contributed by atoms with Crippen molar-refractivity contribution < 1.29 is 14.3 Å². The van der Waals surface area contributed by atoms with Crippen molar-refractivity contribution in [2.24, 2.45) is 0 Å². The second-order valence-corrected chi connectivity index (χ2v) is 6.77. The Balaban J connectivity index is 1.76. The molecule has 132 valence electrons. The lowest BCUT2D eigenvalue weighted by atomic mass is 9.68. The summed E-state index contributed by atoms with van der Waals surface area (Å²) in [6.45, 7) is 5.51. The predicted octanol–water partition coefficient (Wildman–Crippen LogP) is 2.72. The number of methoxy groups -OCH3 is 1. The number of benzene rings is 1. The molecular formula is C19H28N2O3. The minimum Gasteiger partial charge on any atom is -0.497 e. The zero-order valence-corrected chi connectivity index (χ0v) is 14.8. The Morgan fingerprint density at radius 2 is 2.17 bits per heavy atom. The molecule has 1 unspecified atom stereocenters. The lowest BCUT2D eigenvalue weighted by Crippen LogP contribution is -2.50. The number of ether oxygens (including phenoxy) is 2. The molecule has 1 saturated heterocycles. The standard InChI is InChI=1S/C19H28N2O3/c1-3-19(14-20-18(22)21-9-11-24-12-10-21)8-4-5-15-6-7-16(23-2)13-17(15)19/h6-7,13H,3-5,8-12,14H2,1-2H3,(H,20,22). The van der Waals surface area contributed by atoms with Crippen LogP contribution >= 0.6 is 0 Å². The van der Waals surface area contributed by atoms with Gasteiger partial charge in [0.25, 0.3) is 0 Å². The molecule has 2 aliphatic rings. The highest BCUT2D eigenvalue weighted by molar-refractivity contribution is 5.74. The summed E-state index contributed by atoms with van der Waals surface area (Å²) in [5, 5.41) is 3.18. The summed E-state index contributed by atoms with van der Waals surface area (Å²) in [5.41, 5.74) is 2.74. The van der Waals surface area contributed by atoms with Crippen LogP contribution in [0, 0.1) is 0 Å². The first-order chi connectivity index (χ1) is 11.7. The van der Waals surface area contributed by atoms with E-state index in [9.17, 15) is 4.79 Å². The van der Waals surface area contributed by atoms with Gasteiger partial charge in [0, 0.05) is 25.0 Å². The minimum atomic E-state index is 0.00404. The number of amides is 2. The molecule has 0 bridgehead atoms. The summed E-state index contributed by atoms with van der Waals surface area (Å²) >= 11 is 0. The highest BCUT2D eigenvalue weighted by atomic mass is 16.5. The number of aryl methyl sites for hydroxylation is 1. The van der Waals surface area contributed by atoms with Gasteiger partial charge in [-0.2, -0.15) is 0 Å². The number of urea groups is 1. The number of hydrogen-bond donors (Lipinski definition) is 1. The van der Waals surface area contributed by atoms with Crippen LogP contribution in [0.1, 0.15) is 37.3 Å². The lowest BCUT2D eigenvalue weighted by molar-refractivity contribution is 0.0527. The number of morpholine rings is 1. The fraction of sp³-hybridized carbons (Fsp3) is 0.632. The van der Waals surface area contributed by atoms with Gasteiger partial charge in [-0.3, -0.25) is 0 Å². The molecule has 2 amide bonds. The molecule has 5 heteroatoms. The summed E-state index contributed by atoms with van der Waals surface area (Å²) in [6, 6.07) is 6.42. The second-order valence-electron chi connectivity index (χ2n) is 6.77. The van der Waals surface area contributed by atoms with E-state index in [0.717, 1.165) is 25.0 Å². The van der Waals surface area contributed by atoms with Gasteiger partial charge in [-0.15, -0.1) is 0 Å². The van der Waals surface area contributed by atoms with Gasteiger partial charge < -0.3 is 19.7 Å². The average molecular weight is 332 g/mol. The van der Waals surface area contributed by atoms with Crippen LogP contribution in [0.25, 0.3) is 0 Å². The quantitative estimate of drug-likeness (QED) is 0.922. The maximum atomic E-state index is 12.5.